The third-order valence-corrected chi connectivity index (χ3v) is 7.15. The van der Waals surface area contributed by atoms with E-state index in [1.807, 2.05) is 20.8 Å². The summed E-state index contributed by atoms with van der Waals surface area (Å²) in [5, 5.41) is 21.6. The number of esters is 1. The molecule has 196 valence electrons. The normalized spacial score (nSPS) is 30.0. The second kappa shape index (κ2) is 12.6. The van der Waals surface area contributed by atoms with E-state index in [1.165, 1.54) is 6.26 Å². The Morgan fingerprint density at radius 1 is 1.29 bits per heavy atom. The van der Waals surface area contributed by atoms with Crippen molar-refractivity contribution in [3.63, 3.8) is 0 Å². The molecule has 1 aromatic rings. The number of allylic oxidation sites excluding steroid dienone is 1. The Morgan fingerprint density at radius 3 is 2.60 bits per heavy atom. The van der Waals surface area contributed by atoms with Crippen molar-refractivity contribution < 1.29 is 29.0 Å². The van der Waals surface area contributed by atoms with Gasteiger partial charge in [0.15, 0.2) is 0 Å². The molecule has 0 unspecified atom stereocenters. The van der Waals surface area contributed by atoms with E-state index in [1.54, 1.807) is 26.8 Å². The Labute approximate surface area is 208 Å². The van der Waals surface area contributed by atoms with E-state index in [4.69, 9.17) is 14.9 Å². The Kier molecular flexibility index (Phi) is 10.4. The molecule has 5 atom stereocenters. The smallest absolute Gasteiger partial charge is 0.309 e. The fourth-order valence-electron chi connectivity index (χ4n) is 4.44. The SMILES string of the molecule is CC1=CC[C@@H](C(C)=Cc2coc(CN)n2)OC(=O)C[C@H](O)C(C)(C)C(=O)[C@H](C)[C@@H](O)[C@@H](C)CCC1. The molecule has 0 radical (unpaired) electrons. The summed E-state index contributed by atoms with van der Waals surface area (Å²) in [4.78, 5) is 30.3. The maximum atomic E-state index is 13.2. The summed E-state index contributed by atoms with van der Waals surface area (Å²) >= 11 is 0. The largest absolute Gasteiger partial charge is 0.457 e. The van der Waals surface area contributed by atoms with Crippen molar-refractivity contribution in [1.29, 1.82) is 0 Å². The van der Waals surface area contributed by atoms with Crippen molar-refractivity contribution in [2.75, 3.05) is 0 Å². The molecule has 0 saturated carbocycles. The molecule has 1 aromatic heterocycles. The van der Waals surface area contributed by atoms with Crippen molar-refractivity contribution >= 4 is 17.8 Å². The van der Waals surface area contributed by atoms with Gasteiger partial charge in [0.2, 0.25) is 5.89 Å². The van der Waals surface area contributed by atoms with Crippen LogP contribution in [0.3, 0.4) is 0 Å². The summed E-state index contributed by atoms with van der Waals surface area (Å²) in [7, 11) is 0. The van der Waals surface area contributed by atoms with Gasteiger partial charge in [0.05, 0.1) is 30.6 Å². The van der Waals surface area contributed by atoms with Gasteiger partial charge < -0.3 is 25.1 Å². The first-order valence-electron chi connectivity index (χ1n) is 12.4. The van der Waals surface area contributed by atoms with Crippen LogP contribution in [0.2, 0.25) is 0 Å². The average Bonchev–Trinajstić information content (AvgIpc) is 3.26. The van der Waals surface area contributed by atoms with Gasteiger partial charge >= 0.3 is 5.97 Å². The zero-order chi connectivity index (χ0) is 26.3. The highest BCUT2D eigenvalue weighted by atomic mass is 16.5. The molecule has 8 heteroatoms. The van der Waals surface area contributed by atoms with E-state index in [2.05, 4.69) is 11.1 Å². The number of hydrogen-bond donors (Lipinski definition) is 3. The molecule has 1 aliphatic heterocycles. The lowest BCUT2D eigenvalue weighted by molar-refractivity contribution is -0.154. The summed E-state index contributed by atoms with van der Waals surface area (Å²) in [6, 6.07) is 0. The zero-order valence-electron chi connectivity index (χ0n) is 21.9. The van der Waals surface area contributed by atoms with Crippen LogP contribution in [0, 0.1) is 17.3 Å². The maximum absolute atomic E-state index is 13.2. The molecule has 0 aromatic carbocycles. The third-order valence-electron chi connectivity index (χ3n) is 7.15. The fourth-order valence-corrected chi connectivity index (χ4v) is 4.44. The molecule has 0 saturated heterocycles. The quantitative estimate of drug-likeness (QED) is 0.428. The van der Waals surface area contributed by atoms with E-state index >= 15 is 0 Å². The molecular weight excluding hydrogens is 448 g/mol. The van der Waals surface area contributed by atoms with Crippen LogP contribution in [-0.2, 0) is 20.9 Å². The molecular formula is C27H42N2O6. The molecule has 0 amide bonds. The minimum absolute atomic E-state index is 0.0636. The van der Waals surface area contributed by atoms with Gasteiger partial charge in [-0.1, -0.05) is 39.3 Å². The third kappa shape index (κ3) is 7.85. The molecule has 0 aliphatic carbocycles. The van der Waals surface area contributed by atoms with E-state index in [-0.39, 0.29) is 24.7 Å². The predicted octanol–water partition coefficient (Wildman–Crippen LogP) is 3.95. The van der Waals surface area contributed by atoms with Gasteiger partial charge in [-0.2, -0.15) is 0 Å². The lowest BCUT2D eigenvalue weighted by Crippen LogP contribution is -2.45. The van der Waals surface area contributed by atoms with Crippen LogP contribution in [0.15, 0.2) is 27.9 Å². The van der Waals surface area contributed by atoms with Crippen molar-refractivity contribution in [1.82, 2.24) is 4.98 Å². The summed E-state index contributed by atoms with van der Waals surface area (Å²) in [6.07, 6.45) is 5.35. The van der Waals surface area contributed by atoms with Crippen molar-refractivity contribution in [3.8, 4) is 0 Å². The second-order valence-corrected chi connectivity index (χ2v) is 10.5. The Morgan fingerprint density at radius 2 is 1.97 bits per heavy atom. The number of carbonyl (C=O) groups is 2. The number of Topliss-reactive ketones (excluding diaryl/α,β-unsaturated/α-hetero) is 1. The number of carbonyl (C=O) groups excluding carboxylic acids is 2. The number of oxazole rings is 1. The van der Waals surface area contributed by atoms with E-state index < -0.39 is 35.6 Å². The van der Waals surface area contributed by atoms with Crippen LogP contribution >= 0.6 is 0 Å². The van der Waals surface area contributed by atoms with Crippen molar-refractivity contribution in [2.24, 2.45) is 23.0 Å². The molecule has 35 heavy (non-hydrogen) atoms. The van der Waals surface area contributed by atoms with Crippen LogP contribution < -0.4 is 5.73 Å². The maximum Gasteiger partial charge on any atom is 0.309 e. The molecule has 2 rings (SSSR count). The lowest BCUT2D eigenvalue weighted by atomic mass is 9.73. The topological polar surface area (TPSA) is 136 Å². The van der Waals surface area contributed by atoms with Crippen LogP contribution in [0.4, 0.5) is 0 Å². The highest BCUT2D eigenvalue weighted by molar-refractivity contribution is 5.88. The molecule has 0 fully saturated rings. The number of aliphatic hydroxyl groups excluding tert-OH is 2. The highest BCUT2D eigenvalue weighted by Gasteiger charge is 2.42. The molecule has 2 heterocycles. The number of nitrogens with two attached hydrogens (primary N) is 1. The van der Waals surface area contributed by atoms with Gasteiger partial charge in [-0.3, -0.25) is 9.59 Å². The van der Waals surface area contributed by atoms with Gasteiger partial charge in [-0.05, 0) is 50.7 Å². The molecule has 1 aliphatic rings. The van der Waals surface area contributed by atoms with E-state index in [0.717, 1.165) is 30.4 Å². The first-order chi connectivity index (χ1) is 16.4. The van der Waals surface area contributed by atoms with Crippen LogP contribution in [-0.4, -0.2) is 45.3 Å². The summed E-state index contributed by atoms with van der Waals surface area (Å²) in [6.45, 7) is 10.9. The number of rotatable bonds is 3. The van der Waals surface area contributed by atoms with Gasteiger partial charge in [-0.25, -0.2) is 4.98 Å². The van der Waals surface area contributed by atoms with Crippen LogP contribution in [0.5, 0.6) is 0 Å². The van der Waals surface area contributed by atoms with Crippen LogP contribution in [0.25, 0.3) is 6.08 Å². The number of ketones is 1. The van der Waals surface area contributed by atoms with Crippen LogP contribution in [0.1, 0.15) is 85.2 Å². The number of cyclic esters (lactones) is 1. The minimum atomic E-state index is -1.25. The fraction of sp³-hybridized carbons (Fsp3) is 0.667. The van der Waals surface area contributed by atoms with E-state index in [9.17, 15) is 19.8 Å². The highest BCUT2D eigenvalue weighted by Crippen LogP contribution is 2.32. The monoisotopic (exact) mass is 490 g/mol. The number of hydrogen-bond acceptors (Lipinski definition) is 8. The zero-order valence-corrected chi connectivity index (χ0v) is 21.9. The lowest BCUT2D eigenvalue weighted by Gasteiger charge is -2.34. The molecule has 8 nitrogen and oxygen atoms in total. The molecule has 0 bridgehead atoms. The summed E-state index contributed by atoms with van der Waals surface area (Å²) in [5.74, 6) is -1.17. The average molecular weight is 491 g/mol. The Bertz CT molecular complexity index is 932. The first kappa shape index (κ1) is 28.9. The van der Waals surface area contributed by atoms with Gasteiger partial charge in [0.1, 0.15) is 23.8 Å². The number of aromatic nitrogens is 1. The van der Waals surface area contributed by atoms with E-state index in [0.29, 0.717) is 18.0 Å². The Hall–Kier alpha value is -2.29. The first-order valence-corrected chi connectivity index (χ1v) is 12.4. The standard InChI is InChI=1S/C27H42N2O6/c1-16-8-7-9-17(2)25(32)19(4)26(33)27(5,6)22(30)13-24(31)35-21(11-10-16)18(3)12-20-15-34-23(14-28)29-20/h10,12,15,17,19,21-22,25,30,32H,7-9,11,13-14,28H2,1-6H3/t17-,19+,21-,22-,25-/m0/s1. The summed E-state index contributed by atoms with van der Waals surface area (Å²) in [5.41, 5.74) is 6.87. The number of nitrogens with zero attached hydrogens (tertiary/aromatic N) is 1. The summed E-state index contributed by atoms with van der Waals surface area (Å²) < 4.78 is 11.1. The van der Waals surface area contributed by atoms with Crippen molar-refractivity contribution in [2.45, 2.75) is 98.5 Å². The number of aliphatic hydroxyl groups is 2. The van der Waals surface area contributed by atoms with Gasteiger partial charge in [0, 0.05) is 12.3 Å². The predicted molar refractivity (Wildman–Crippen MR) is 134 cm³/mol. The second-order valence-electron chi connectivity index (χ2n) is 10.5. The minimum Gasteiger partial charge on any atom is -0.457 e. The molecule has 0 spiro atoms. The van der Waals surface area contributed by atoms with Gasteiger partial charge in [-0.15, -0.1) is 0 Å². The number of ether oxygens (including phenoxy) is 1. The molecule has 4 N–H and O–H groups in total. The Balaban J connectivity index is 2.33. The van der Waals surface area contributed by atoms with Gasteiger partial charge in [0.25, 0.3) is 0 Å². The van der Waals surface area contributed by atoms with Crippen molar-refractivity contribution in [3.05, 3.63) is 35.1 Å².